The van der Waals surface area contributed by atoms with Crippen molar-refractivity contribution in [3.63, 3.8) is 0 Å². The van der Waals surface area contributed by atoms with Gasteiger partial charge in [0, 0.05) is 42.9 Å². The molecule has 1 aliphatic rings. The maximum absolute atomic E-state index is 2.46. The Morgan fingerprint density at radius 3 is 2.36 bits per heavy atom. The molecule has 8 rings (SSSR count). The lowest BCUT2D eigenvalue weighted by atomic mass is 9.86. The molecule has 1 unspecified atom stereocenters. The summed E-state index contributed by atoms with van der Waals surface area (Å²) in [5.41, 5.74) is 6.66. The molecule has 0 amide bonds. The molecular weight excluding hydrogens is 454 g/mol. The van der Waals surface area contributed by atoms with E-state index in [4.69, 9.17) is 0 Å². The second kappa shape index (κ2) is 7.68. The minimum atomic E-state index is 0.363. The van der Waals surface area contributed by atoms with Crippen LogP contribution in [0.25, 0.3) is 53.6 Å². The van der Waals surface area contributed by atoms with Crippen LogP contribution < -0.4 is 0 Å². The number of thiophene rings is 1. The number of para-hydroxylation sites is 2. The second-order valence-corrected chi connectivity index (χ2v) is 10.8. The van der Waals surface area contributed by atoms with E-state index in [9.17, 15) is 0 Å². The largest absolute Gasteiger partial charge is 0.310 e. The molecular formula is C34H23NS. The Balaban J connectivity index is 1.29. The van der Waals surface area contributed by atoms with Gasteiger partial charge in [-0.1, -0.05) is 78.9 Å². The van der Waals surface area contributed by atoms with E-state index in [1.807, 2.05) is 11.3 Å². The highest BCUT2D eigenvalue weighted by Gasteiger charge is 2.24. The molecule has 0 N–H and O–H groups in total. The van der Waals surface area contributed by atoms with E-state index in [1.54, 1.807) is 0 Å². The van der Waals surface area contributed by atoms with E-state index in [0.717, 1.165) is 6.42 Å². The molecule has 1 aliphatic carbocycles. The summed E-state index contributed by atoms with van der Waals surface area (Å²) in [4.78, 5) is 0. The summed E-state index contributed by atoms with van der Waals surface area (Å²) in [6, 6.07) is 40.0. The number of nitrogens with zero attached hydrogens (tertiary/aromatic N) is 1. The van der Waals surface area contributed by atoms with Crippen molar-refractivity contribution in [2.24, 2.45) is 0 Å². The minimum Gasteiger partial charge on any atom is -0.310 e. The molecule has 36 heavy (non-hydrogen) atoms. The first-order valence-electron chi connectivity index (χ1n) is 12.5. The molecule has 2 heteroatoms. The molecule has 0 fully saturated rings. The van der Waals surface area contributed by atoms with Crippen LogP contribution in [0.15, 0.2) is 115 Å². The van der Waals surface area contributed by atoms with E-state index in [1.165, 1.54) is 64.4 Å². The van der Waals surface area contributed by atoms with E-state index < -0.39 is 0 Å². The van der Waals surface area contributed by atoms with Crippen LogP contribution in [0, 0.1) is 0 Å². The fourth-order valence-electron chi connectivity index (χ4n) is 6.09. The Morgan fingerprint density at radius 1 is 0.667 bits per heavy atom. The highest BCUT2D eigenvalue weighted by Crippen LogP contribution is 2.42. The topological polar surface area (TPSA) is 4.93 Å². The van der Waals surface area contributed by atoms with Gasteiger partial charge < -0.3 is 4.57 Å². The van der Waals surface area contributed by atoms with Gasteiger partial charge in [0.2, 0.25) is 0 Å². The molecule has 2 heterocycles. The SMILES string of the molecule is C1=CC(c2ccc3sc4ccc5ccccc5c4c3c2)Cc2c1n(-c1ccccc1)c1ccccc21. The maximum atomic E-state index is 2.46. The Kier molecular flexibility index (Phi) is 4.29. The number of allylic oxidation sites excluding steroid dienone is 1. The van der Waals surface area contributed by atoms with Crippen molar-refractivity contribution in [2.75, 3.05) is 0 Å². The summed E-state index contributed by atoms with van der Waals surface area (Å²) in [6.07, 6.45) is 5.77. The van der Waals surface area contributed by atoms with Crippen molar-refractivity contribution in [3.8, 4) is 5.69 Å². The molecule has 1 nitrogen and oxygen atoms in total. The van der Waals surface area contributed by atoms with E-state index in [0.29, 0.717) is 5.92 Å². The number of hydrogen-bond acceptors (Lipinski definition) is 1. The summed E-state index contributed by atoms with van der Waals surface area (Å²) in [5.74, 6) is 0.363. The molecule has 170 valence electrons. The standard InChI is InChI=1S/C34H23NS/c1-2-9-25(10-3-1)35-30-13-7-6-12-27(30)28-20-23(14-17-31(28)35)24-16-18-32-29(21-24)34-26-11-5-4-8-22(26)15-19-33(34)36-32/h1-19,21,23H,20H2. The third-order valence-corrected chi connectivity index (χ3v) is 8.89. The molecule has 2 aromatic heterocycles. The van der Waals surface area contributed by atoms with E-state index in [2.05, 4.69) is 126 Å². The number of aromatic nitrogens is 1. The highest BCUT2D eigenvalue weighted by molar-refractivity contribution is 7.26. The van der Waals surface area contributed by atoms with Gasteiger partial charge in [0.1, 0.15) is 0 Å². The Labute approximate surface area is 213 Å². The number of benzene rings is 5. The Hall–Kier alpha value is -4.14. The molecule has 0 radical (unpaired) electrons. The summed E-state index contributed by atoms with van der Waals surface area (Å²) < 4.78 is 5.15. The van der Waals surface area contributed by atoms with E-state index >= 15 is 0 Å². The van der Waals surface area contributed by atoms with Crippen LogP contribution in [-0.2, 0) is 6.42 Å². The fourth-order valence-corrected chi connectivity index (χ4v) is 7.19. The number of fused-ring (bicyclic) bond motifs is 8. The van der Waals surface area contributed by atoms with Crippen LogP contribution in [0.4, 0.5) is 0 Å². The zero-order valence-electron chi connectivity index (χ0n) is 19.7. The summed E-state index contributed by atoms with van der Waals surface area (Å²) in [7, 11) is 0. The Morgan fingerprint density at radius 2 is 1.44 bits per heavy atom. The van der Waals surface area contributed by atoms with Gasteiger partial charge in [-0.05, 0) is 70.8 Å². The maximum Gasteiger partial charge on any atom is 0.0537 e. The lowest BCUT2D eigenvalue weighted by Crippen LogP contribution is -2.07. The first-order valence-corrected chi connectivity index (χ1v) is 13.4. The third kappa shape index (κ3) is 2.88. The molecule has 1 atom stereocenters. The second-order valence-electron chi connectivity index (χ2n) is 9.74. The van der Waals surface area contributed by atoms with Crippen molar-refractivity contribution in [2.45, 2.75) is 12.3 Å². The van der Waals surface area contributed by atoms with Gasteiger partial charge in [-0.2, -0.15) is 0 Å². The first kappa shape index (κ1) is 20.1. The number of hydrogen-bond donors (Lipinski definition) is 0. The van der Waals surface area contributed by atoms with Gasteiger partial charge in [0.05, 0.1) is 5.52 Å². The van der Waals surface area contributed by atoms with Gasteiger partial charge in [-0.15, -0.1) is 11.3 Å². The quantitative estimate of drug-likeness (QED) is 0.234. The average molecular weight is 478 g/mol. The van der Waals surface area contributed by atoms with Gasteiger partial charge in [0.25, 0.3) is 0 Å². The molecule has 5 aromatic carbocycles. The van der Waals surface area contributed by atoms with Crippen LogP contribution in [-0.4, -0.2) is 4.57 Å². The van der Waals surface area contributed by atoms with Crippen molar-refractivity contribution in [3.05, 3.63) is 132 Å². The Bertz CT molecular complexity index is 1970. The molecule has 0 bridgehead atoms. The first-order chi connectivity index (χ1) is 17.8. The summed E-state index contributed by atoms with van der Waals surface area (Å²) in [6.45, 7) is 0. The normalized spacial score (nSPS) is 15.3. The van der Waals surface area contributed by atoms with Crippen molar-refractivity contribution >= 4 is 59.3 Å². The molecule has 0 saturated heterocycles. The van der Waals surface area contributed by atoms with Gasteiger partial charge >= 0.3 is 0 Å². The lowest BCUT2D eigenvalue weighted by molar-refractivity contribution is 0.827. The minimum absolute atomic E-state index is 0.363. The summed E-state index contributed by atoms with van der Waals surface area (Å²) in [5, 5.41) is 6.81. The zero-order chi connectivity index (χ0) is 23.6. The fraction of sp³-hybridized carbons (Fsp3) is 0.0588. The third-order valence-electron chi connectivity index (χ3n) is 7.76. The van der Waals surface area contributed by atoms with Crippen molar-refractivity contribution in [1.29, 1.82) is 0 Å². The smallest absolute Gasteiger partial charge is 0.0537 e. The zero-order valence-corrected chi connectivity index (χ0v) is 20.5. The van der Waals surface area contributed by atoms with Crippen molar-refractivity contribution < 1.29 is 0 Å². The van der Waals surface area contributed by atoms with Crippen LogP contribution in [0.5, 0.6) is 0 Å². The molecule has 7 aromatic rings. The van der Waals surface area contributed by atoms with Gasteiger partial charge in [-0.3, -0.25) is 0 Å². The molecule has 0 spiro atoms. The number of rotatable bonds is 2. The van der Waals surface area contributed by atoms with E-state index in [-0.39, 0.29) is 0 Å². The molecule has 0 saturated carbocycles. The monoisotopic (exact) mass is 477 g/mol. The summed E-state index contributed by atoms with van der Waals surface area (Å²) >= 11 is 1.90. The van der Waals surface area contributed by atoms with Crippen LogP contribution in [0.3, 0.4) is 0 Å². The van der Waals surface area contributed by atoms with Gasteiger partial charge in [0.15, 0.2) is 0 Å². The predicted molar refractivity (Wildman–Crippen MR) is 156 cm³/mol. The van der Waals surface area contributed by atoms with Crippen LogP contribution in [0.2, 0.25) is 0 Å². The van der Waals surface area contributed by atoms with Crippen molar-refractivity contribution in [1.82, 2.24) is 4.57 Å². The average Bonchev–Trinajstić information content (AvgIpc) is 3.48. The van der Waals surface area contributed by atoms with Gasteiger partial charge in [-0.25, -0.2) is 0 Å². The van der Waals surface area contributed by atoms with Crippen LogP contribution in [0.1, 0.15) is 22.7 Å². The molecule has 0 aliphatic heterocycles. The lowest BCUT2D eigenvalue weighted by Gasteiger charge is -2.20. The van der Waals surface area contributed by atoms with Crippen LogP contribution >= 0.6 is 11.3 Å². The predicted octanol–water partition coefficient (Wildman–Crippen LogP) is 9.50. The highest BCUT2D eigenvalue weighted by atomic mass is 32.1.